The summed E-state index contributed by atoms with van der Waals surface area (Å²) in [7, 11) is 4.42. The fourth-order valence-corrected chi connectivity index (χ4v) is 2.92. The van der Waals surface area contributed by atoms with Gasteiger partial charge in [0.2, 0.25) is 0 Å². The fourth-order valence-electron chi connectivity index (χ4n) is 2.66. The second kappa shape index (κ2) is 5.51. The monoisotopic (exact) mass is 296 g/mol. The number of halogens is 1. The summed E-state index contributed by atoms with van der Waals surface area (Å²) in [5.74, 6) is 0. The Morgan fingerprint density at radius 3 is 2.29 bits per heavy atom. The zero-order valence-electron chi connectivity index (χ0n) is 10.7. The van der Waals surface area contributed by atoms with Crippen molar-refractivity contribution in [1.82, 2.24) is 10.2 Å². The summed E-state index contributed by atoms with van der Waals surface area (Å²) in [6.07, 6.45) is 3.61. The highest BCUT2D eigenvalue weighted by Gasteiger charge is 2.34. The van der Waals surface area contributed by atoms with E-state index in [0.717, 1.165) is 24.0 Å². The number of likely N-dealkylation sites (N-methyl/N-ethyl adjacent to an activating group) is 1. The molecule has 17 heavy (non-hydrogen) atoms. The summed E-state index contributed by atoms with van der Waals surface area (Å²) < 4.78 is 1.16. The van der Waals surface area contributed by atoms with Gasteiger partial charge in [-0.25, -0.2) is 0 Å². The molecule has 1 N–H and O–H groups in total. The molecular formula is C14H21BrN2. The second-order valence-corrected chi connectivity index (χ2v) is 6.09. The summed E-state index contributed by atoms with van der Waals surface area (Å²) in [6, 6.07) is 8.74. The van der Waals surface area contributed by atoms with Gasteiger partial charge < -0.3 is 10.2 Å². The Labute approximate surface area is 113 Å². The Morgan fingerprint density at radius 1 is 1.18 bits per heavy atom. The molecule has 1 aromatic rings. The average molecular weight is 297 g/mol. The van der Waals surface area contributed by atoms with Crippen LogP contribution in [0, 0.1) is 0 Å². The third kappa shape index (κ3) is 3.09. The van der Waals surface area contributed by atoms with E-state index in [1.807, 2.05) is 0 Å². The maximum absolute atomic E-state index is 3.49. The molecule has 0 aliphatic carbocycles. The van der Waals surface area contributed by atoms with Crippen LogP contribution < -0.4 is 5.32 Å². The molecule has 1 aliphatic rings. The summed E-state index contributed by atoms with van der Waals surface area (Å²) in [5.41, 5.74) is 1.77. The lowest BCUT2D eigenvalue weighted by Crippen LogP contribution is -2.53. The van der Waals surface area contributed by atoms with Gasteiger partial charge in [0.25, 0.3) is 0 Å². The maximum atomic E-state index is 3.49. The minimum Gasteiger partial charge on any atom is -0.317 e. The van der Waals surface area contributed by atoms with Gasteiger partial charge >= 0.3 is 0 Å². The lowest BCUT2D eigenvalue weighted by Gasteiger charge is -2.43. The van der Waals surface area contributed by atoms with Crippen LogP contribution in [0.2, 0.25) is 0 Å². The number of hydrogen-bond donors (Lipinski definition) is 1. The molecule has 1 heterocycles. The van der Waals surface area contributed by atoms with Gasteiger partial charge in [-0.1, -0.05) is 28.1 Å². The Hall–Kier alpha value is -0.380. The first-order valence-electron chi connectivity index (χ1n) is 6.25. The summed E-state index contributed by atoms with van der Waals surface area (Å²) in [4.78, 5) is 2.41. The zero-order valence-corrected chi connectivity index (χ0v) is 12.3. The SMILES string of the molecule is CN(C)C1(Cc2ccc(Br)cc2)CCNCC1. The second-order valence-electron chi connectivity index (χ2n) is 5.17. The molecular weight excluding hydrogens is 276 g/mol. The molecule has 1 aliphatic heterocycles. The van der Waals surface area contributed by atoms with Crippen LogP contribution in [0.25, 0.3) is 0 Å². The summed E-state index contributed by atoms with van der Waals surface area (Å²) >= 11 is 3.49. The van der Waals surface area contributed by atoms with Crippen molar-refractivity contribution in [2.45, 2.75) is 24.8 Å². The van der Waals surface area contributed by atoms with E-state index in [1.165, 1.54) is 18.4 Å². The normalized spacial score (nSPS) is 19.5. The van der Waals surface area contributed by atoms with Gasteiger partial charge in [0.05, 0.1) is 0 Å². The van der Waals surface area contributed by atoms with Crippen LogP contribution >= 0.6 is 15.9 Å². The number of benzene rings is 1. The van der Waals surface area contributed by atoms with Gasteiger partial charge in [0.15, 0.2) is 0 Å². The van der Waals surface area contributed by atoms with Gasteiger partial charge in [-0.2, -0.15) is 0 Å². The van der Waals surface area contributed by atoms with E-state index in [-0.39, 0.29) is 0 Å². The van der Waals surface area contributed by atoms with Crippen molar-refractivity contribution in [3.8, 4) is 0 Å². The number of hydrogen-bond acceptors (Lipinski definition) is 2. The molecule has 0 radical (unpaired) electrons. The van der Waals surface area contributed by atoms with Gasteiger partial charge in [-0.05, 0) is 64.1 Å². The largest absolute Gasteiger partial charge is 0.317 e. The third-order valence-corrected chi connectivity index (χ3v) is 4.46. The first kappa shape index (κ1) is 13.1. The number of rotatable bonds is 3. The number of piperidine rings is 1. The van der Waals surface area contributed by atoms with E-state index in [0.29, 0.717) is 5.54 Å². The molecule has 0 bridgehead atoms. The third-order valence-electron chi connectivity index (χ3n) is 3.93. The Kier molecular flexibility index (Phi) is 4.23. The zero-order chi connectivity index (χ0) is 12.3. The molecule has 0 unspecified atom stereocenters. The fraction of sp³-hybridized carbons (Fsp3) is 0.571. The highest BCUT2D eigenvalue weighted by Crippen LogP contribution is 2.28. The molecule has 3 heteroatoms. The molecule has 0 saturated carbocycles. The van der Waals surface area contributed by atoms with Crippen LogP contribution in [-0.2, 0) is 6.42 Å². The van der Waals surface area contributed by atoms with Gasteiger partial charge in [0.1, 0.15) is 0 Å². The first-order valence-corrected chi connectivity index (χ1v) is 7.04. The van der Waals surface area contributed by atoms with Crippen molar-refractivity contribution in [3.63, 3.8) is 0 Å². The molecule has 0 spiro atoms. The molecule has 0 aromatic heterocycles. The van der Waals surface area contributed by atoms with Crippen LogP contribution in [0.4, 0.5) is 0 Å². The highest BCUT2D eigenvalue weighted by atomic mass is 79.9. The lowest BCUT2D eigenvalue weighted by molar-refractivity contribution is 0.108. The predicted molar refractivity (Wildman–Crippen MR) is 76.4 cm³/mol. The van der Waals surface area contributed by atoms with Gasteiger partial charge in [0, 0.05) is 10.0 Å². The smallest absolute Gasteiger partial charge is 0.0267 e. The van der Waals surface area contributed by atoms with E-state index in [1.54, 1.807) is 0 Å². The van der Waals surface area contributed by atoms with E-state index in [4.69, 9.17) is 0 Å². The van der Waals surface area contributed by atoms with E-state index in [2.05, 4.69) is 64.5 Å². The van der Waals surface area contributed by atoms with Crippen molar-refractivity contribution in [2.24, 2.45) is 0 Å². The van der Waals surface area contributed by atoms with Crippen molar-refractivity contribution in [2.75, 3.05) is 27.2 Å². The van der Waals surface area contributed by atoms with Crippen LogP contribution in [0.1, 0.15) is 18.4 Å². The molecule has 1 fully saturated rings. The van der Waals surface area contributed by atoms with Gasteiger partial charge in [-0.3, -0.25) is 0 Å². The van der Waals surface area contributed by atoms with Crippen molar-refractivity contribution < 1.29 is 0 Å². The molecule has 94 valence electrons. The molecule has 1 aromatic carbocycles. The Bertz CT molecular complexity index is 353. The maximum Gasteiger partial charge on any atom is 0.0267 e. The van der Waals surface area contributed by atoms with E-state index >= 15 is 0 Å². The average Bonchev–Trinajstić information content (AvgIpc) is 2.33. The van der Waals surface area contributed by atoms with Crippen LogP contribution in [0.5, 0.6) is 0 Å². The van der Waals surface area contributed by atoms with E-state index < -0.39 is 0 Å². The minimum atomic E-state index is 0.332. The topological polar surface area (TPSA) is 15.3 Å². The Morgan fingerprint density at radius 2 is 1.76 bits per heavy atom. The van der Waals surface area contributed by atoms with Crippen LogP contribution in [0.3, 0.4) is 0 Å². The highest BCUT2D eigenvalue weighted by molar-refractivity contribution is 9.10. The predicted octanol–water partition coefficient (Wildman–Crippen LogP) is 2.68. The van der Waals surface area contributed by atoms with Gasteiger partial charge in [-0.15, -0.1) is 0 Å². The number of nitrogens with zero attached hydrogens (tertiary/aromatic N) is 1. The lowest BCUT2D eigenvalue weighted by atomic mass is 9.81. The first-order chi connectivity index (χ1) is 8.12. The number of nitrogens with one attached hydrogen (secondary N) is 1. The van der Waals surface area contributed by atoms with Crippen molar-refractivity contribution in [1.29, 1.82) is 0 Å². The molecule has 2 nitrogen and oxygen atoms in total. The van der Waals surface area contributed by atoms with E-state index in [9.17, 15) is 0 Å². The minimum absolute atomic E-state index is 0.332. The standard InChI is InChI=1S/C14H21BrN2/c1-17(2)14(7-9-16-10-8-14)11-12-3-5-13(15)6-4-12/h3-6,16H,7-11H2,1-2H3. The quantitative estimate of drug-likeness (QED) is 0.923. The molecule has 1 saturated heterocycles. The van der Waals surface area contributed by atoms with Crippen LogP contribution in [0.15, 0.2) is 28.7 Å². The molecule has 2 rings (SSSR count). The summed E-state index contributed by atoms with van der Waals surface area (Å²) in [6.45, 7) is 2.27. The molecule has 0 amide bonds. The Balaban J connectivity index is 2.14. The molecule has 0 atom stereocenters. The van der Waals surface area contributed by atoms with Crippen LogP contribution in [-0.4, -0.2) is 37.6 Å². The van der Waals surface area contributed by atoms with Crippen molar-refractivity contribution >= 4 is 15.9 Å². The summed E-state index contributed by atoms with van der Waals surface area (Å²) in [5, 5.41) is 3.46. The van der Waals surface area contributed by atoms with Crippen molar-refractivity contribution in [3.05, 3.63) is 34.3 Å².